The standard InChI is InChI=1S/C14H16N2O2S/c1-9-14(19-13(16-9)4-5-15)10-2-3-11-12(8-10)18-7-6-17-11/h2-3,8H,4-7,15H2,1H3. The first kappa shape index (κ1) is 12.4. The Bertz CT molecular complexity index is 595. The molecule has 4 nitrogen and oxygen atoms in total. The predicted octanol–water partition coefficient (Wildman–Crippen LogP) is 2.39. The Morgan fingerprint density at radius 1 is 1.26 bits per heavy atom. The van der Waals surface area contributed by atoms with Crippen LogP contribution < -0.4 is 15.2 Å². The molecule has 0 saturated carbocycles. The highest BCUT2D eigenvalue weighted by Gasteiger charge is 2.15. The van der Waals surface area contributed by atoms with E-state index in [4.69, 9.17) is 15.2 Å². The average molecular weight is 276 g/mol. The van der Waals surface area contributed by atoms with Gasteiger partial charge in [-0.15, -0.1) is 11.3 Å². The molecule has 2 aromatic rings. The van der Waals surface area contributed by atoms with E-state index in [9.17, 15) is 0 Å². The zero-order valence-electron chi connectivity index (χ0n) is 10.8. The topological polar surface area (TPSA) is 57.4 Å². The Kier molecular flexibility index (Phi) is 3.40. The van der Waals surface area contributed by atoms with Crippen molar-refractivity contribution in [2.75, 3.05) is 19.8 Å². The molecule has 2 N–H and O–H groups in total. The van der Waals surface area contributed by atoms with Gasteiger partial charge in [-0.05, 0) is 37.2 Å². The molecular formula is C14H16N2O2S. The van der Waals surface area contributed by atoms with Gasteiger partial charge in [-0.25, -0.2) is 4.98 Å². The van der Waals surface area contributed by atoms with E-state index in [2.05, 4.69) is 11.1 Å². The molecule has 1 aliphatic rings. The molecule has 0 unspecified atom stereocenters. The van der Waals surface area contributed by atoms with Gasteiger partial charge >= 0.3 is 0 Å². The summed E-state index contributed by atoms with van der Waals surface area (Å²) in [6, 6.07) is 6.05. The van der Waals surface area contributed by atoms with E-state index in [1.54, 1.807) is 11.3 Å². The van der Waals surface area contributed by atoms with Crippen molar-refractivity contribution in [3.8, 4) is 21.9 Å². The van der Waals surface area contributed by atoms with Crippen LogP contribution in [0.15, 0.2) is 18.2 Å². The van der Waals surface area contributed by atoms with Crippen LogP contribution in [-0.2, 0) is 6.42 Å². The van der Waals surface area contributed by atoms with Crippen molar-refractivity contribution < 1.29 is 9.47 Å². The lowest BCUT2D eigenvalue weighted by molar-refractivity contribution is 0.171. The third-order valence-corrected chi connectivity index (χ3v) is 4.27. The van der Waals surface area contributed by atoms with Gasteiger partial charge in [0.1, 0.15) is 13.2 Å². The number of benzene rings is 1. The number of ether oxygens (including phenoxy) is 2. The maximum Gasteiger partial charge on any atom is 0.162 e. The molecule has 0 atom stereocenters. The van der Waals surface area contributed by atoms with Crippen LogP contribution in [0.4, 0.5) is 0 Å². The minimum atomic E-state index is 0.608. The van der Waals surface area contributed by atoms with Gasteiger partial charge in [0.15, 0.2) is 11.5 Å². The van der Waals surface area contributed by atoms with Crippen LogP contribution in [0.3, 0.4) is 0 Å². The number of hydrogen-bond acceptors (Lipinski definition) is 5. The molecule has 19 heavy (non-hydrogen) atoms. The Morgan fingerprint density at radius 3 is 2.84 bits per heavy atom. The molecule has 3 rings (SSSR count). The predicted molar refractivity (Wildman–Crippen MR) is 76.0 cm³/mol. The van der Waals surface area contributed by atoms with E-state index in [0.29, 0.717) is 19.8 Å². The van der Waals surface area contributed by atoms with E-state index >= 15 is 0 Å². The van der Waals surface area contributed by atoms with Crippen LogP contribution in [0.5, 0.6) is 11.5 Å². The highest BCUT2D eigenvalue weighted by molar-refractivity contribution is 7.15. The van der Waals surface area contributed by atoms with Gasteiger partial charge in [-0.1, -0.05) is 0 Å². The molecule has 0 radical (unpaired) electrons. The molecule has 1 aromatic carbocycles. The molecular weight excluding hydrogens is 260 g/mol. The summed E-state index contributed by atoms with van der Waals surface area (Å²) < 4.78 is 11.2. The molecule has 1 aliphatic heterocycles. The summed E-state index contributed by atoms with van der Waals surface area (Å²) in [5.41, 5.74) is 7.75. The summed E-state index contributed by atoms with van der Waals surface area (Å²) in [4.78, 5) is 5.74. The summed E-state index contributed by atoms with van der Waals surface area (Å²) in [7, 11) is 0. The number of nitrogens with zero attached hydrogens (tertiary/aromatic N) is 1. The zero-order valence-corrected chi connectivity index (χ0v) is 11.6. The van der Waals surface area contributed by atoms with Crippen LogP contribution in [-0.4, -0.2) is 24.7 Å². The maximum absolute atomic E-state index is 5.62. The monoisotopic (exact) mass is 276 g/mol. The number of aromatic nitrogens is 1. The second-order valence-corrected chi connectivity index (χ2v) is 5.50. The van der Waals surface area contributed by atoms with Gasteiger partial charge in [0.05, 0.1) is 15.6 Å². The average Bonchev–Trinajstić information content (AvgIpc) is 2.79. The lowest BCUT2D eigenvalue weighted by Gasteiger charge is -2.18. The highest BCUT2D eigenvalue weighted by atomic mass is 32.1. The molecule has 0 fully saturated rings. The summed E-state index contributed by atoms with van der Waals surface area (Å²) in [6.45, 7) is 3.89. The number of hydrogen-bond donors (Lipinski definition) is 1. The largest absolute Gasteiger partial charge is 0.486 e. The van der Waals surface area contributed by atoms with Crippen molar-refractivity contribution in [2.24, 2.45) is 5.73 Å². The molecule has 0 spiro atoms. The third kappa shape index (κ3) is 2.43. The quantitative estimate of drug-likeness (QED) is 0.935. The Morgan fingerprint density at radius 2 is 2.05 bits per heavy atom. The summed E-state index contributed by atoms with van der Waals surface area (Å²) in [6.07, 6.45) is 0.829. The van der Waals surface area contributed by atoms with Crippen molar-refractivity contribution in [1.29, 1.82) is 0 Å². The Hall–Kier alpha value is -1.59. The minimum Gasteiger partial charge on any atom is -0.486 e. The first-order valence-corrected chi connectivity index (χ1v) is 7.16. The Labute approximate surface area is 116 Å². The molecule has 5 heteroatoms. The van der Waals surface area contributed by atoms with Crippen molar-refractivity contribution in [1.82, 2.24) is 4.98 Å². The summed E-state index contributed by atoms with van der Waals surface area (Å²) >= 11 is 1.70. The molecule has 0 bridgehead atoms. The first-order valence-electron chi connectivity index (χ1n) is 6.34. The van der Waals surface area contributed by atoms with Gasteiger partial charge in [0.25, 0.3) is 0 Å². The van der Waals surface area contributed by atoms with Crippen LogP contribution in [0, 0.1) is 6.92 Å². The lowest BCUT2D eigenvalue weighted by atomic mass is 10.1. The number of rotatable bonds is 3. The lowest BCUT2D eigenvalue weighted by Crippen LogP contribution is -2.15. The zero-order chi connectivity index (χ0) is 13.2. The second kappa shape index (κ2) is 5.19. The van der Waals surface area contributed by atoms with E-state index in [-0.39, 0.29) is 0 Å². The fraction of sp³-hybridized carbons (Fsp3) is 0.357. The van der Waals surface area contributed by atoms with Gasteiger partial charge in [-0.3, -0.25) is 0 Å². The van der Waals surface area contributed by atoms with E-state index in [1.807, 2.05) is 19.1 Å². The van der Waals surface area contributed by atoms with E-state index in [0.717, 1.165) is 34.2 Å². The molecule has 0 amide bonds. The van der Waals surface area contributed by atoms with Gasteiger partial charge in [0, 0.05) is 6.42 Å². The maximum atomic E-state index is 5.62. The summed E-state index contributed by atoms with van der Waals surface area (Å²) in [5.74, 6) is 1.64. The minimum absolute atomic E-state index is 0.608. The van der Waals surface area contributed by atoms with Crippen molar-refractivity contribution in [3.05, 3.63) is 28.9 Å². The number of fused-ring (bicyclic) bond motifs is 1. The molecule has 1 aromatic heterocycles. The van der Waals surface area contributed by atoms with Gasteiger partial charge in [0.2, 0.25) is 0 Å². The smallest absolute Gasteiger partial charge is 0.162 e. The molecule has 100 valence electrons. The van der Waals surface area contributed by atoms with Crippen LogP contribution in [0.2, 0.25) is 0 Å². The molecule has 2 heterocycles. The van der Waals surface area contributed by atoms with Crippen LogP contribution in [0.1, 0.15) is 10.7 Å². The third-order valence-electron chi connectivity index (χ3n) is 3.00. The number of aryl methyl sites for hydroxylation is 1. The molecule has 0 saturated heterocycles. The highest BCUT2D eigenvalue weighted by Crippen LogP contribution is 2.37. The van der Waals surface area contributed by atoms with Gasteiger partial charge in [-0.2, -0.15) is 0 Å². The van der Waals surface area contributed by atoms with Crippen molar-refractivity contribution >= 4 is 11.3 Å². The normalized spacial score (nSPS) is 13.6. The van der Waals surface area contributed by atoms with Crippen LogP contribution >= 0.6 is 11.3 Å². The van der Waals surface area contributed by atoms with Crippen molar-refractivity contribution in [3.63, 3.8) is 0 Å². The second-order valence-electron chi connectivity index (χ2n) is 4.42. The first-order chi connectivity index (χ1) is 9.28. The van der Waals surface area contributed by atoms with E-state index < -0.39 is 0 Å². The van der Waals surface area contributed by atoms with Crippen LogP contribution in [0.25, 0.3) is 10.4 Å². The Balaban J connectivity index is 1.97. The number of thiazole rings is 1. The van der Waals surface area contributed by atoms with Crippen molar-refractivity contribution in [2.45, 2.75) is 13.3 Å². The van der Waals surface area contributed by atoms with E-state index in [1.165, 1.54) is 4.88 Å². The van der Waals surface area contributed by atoms with Gasteiger partial charge < -0.3 is 15.2 Å². The summed E-state index contributed by atoms with van der Waals surface area (Å²) in [5, 5.41) is 1.09. The fourth-order valence-electron chi connectivity index (χ4n) is 2.14. The fourth-order valence-corrected chi connectivity index (χ4v) is 3.21. The number of nitrogens with two attached hydrogens (primary N) is 1. The molecule has 0 aliphatic carbocycles. The SMILES string of the molecule is Cc1nc(CCN)sc1-c1ccc2c(c1)OCCO2.